The largest absolute Gasteiger partial charge is 0.486 e. The molecule has 0 fully saturated rings. The van der Waals surface area contributed by atoms with Crippen LogP contribution in [0.15, 0.2) is 10.5 Å². The molecule has 1 aromatic rings. The van der Waals surface area contributed by atoms with Crippen LogP contribution in [0.5, 0.6) is 11.5 Å². The Balaban J connectivity index is 2.46. The minimum atomic E-state index is 0.378. The fourth-order valence-electron chi connectivity index (χ4n) is 1.73. The van der Waals surface area contributed by atoms with Crippen molar-refractivity contribution in [3.63, 3.8) is 0 Å². The van der Waals surface area contributed by atoms with E-state index in [9.17, 15) is 4.79 Å². The van der Waals surface area contributed by atoms with Crippen LogP contribution in [-0.4, -0.2) is 26.1 Å². The second-order valence-electron chi connectivity index (χ2n) is 3.53. The van der Waals surface area contributed by atoms with E-state index >= 15 is 0 Å². The van der Waals surface area contributed by atoms with E-state index in [1.807, 2.05) is 6.07 Å². The highest BCUT2D eigenvalue weighted by atomic mass is 79.9. The van der Waals surface area contributed by atoms with E-state index in [1.54, 1.807) is 0 Å². The third-order valence-electron chi connectivity index (χ3n) is 2.48. The minimum absolute atomic E-state index is 0.378. The Labute approximate surface area is 107 Å². The van der Waals surface area contributed by atoms with E-state index < -0.39 is 0 Å². The van der Waals surface area contributed by atoms with Crippen molar-refractivity contribution in [2.45, 2.75) is 6.42 Å². The van der Waals surface area contributed by atoms with Gasteiger partial charge in [0.2, 0.25) is 0 Å². The average molecular weight is 302 g/mol. The van der Waals surface area contributed by atoms with Gasteiger partial charge in [-0.2, -0.15) is 0 Å². The molecule has 0 unspecified atom stereocenters. The summed E-state index contributed by atoms with van der Waals surface area (Å²) in [4.78, 5) is 15.6. The fourth-order valence-corrected chi connectivity index (χ4v) is 2.28. The van der Waals surface area contributed by atoms with Gasteiger partial charge in [0, 0.05) is 16.5 Å². The molecule has 17 heavy (non-hydrogen) atoms. The minimum Gasteiger partial charge on any atom is -0.486 e. The van der Waals surface area contributed by atoms with Crippen LogP contribution in [0.2, 0.25) is 0 Å². The van der Waals surface area contributed by atoms with Gasteiger partial charge >= 0.3 is 0 Å². The van der Waals surface area contributed by atoms with Gasteiger partial charge in [-0.1, -0.05) is 0 Å². The SMILES string of the molecule is NOCCc1cc(Br)c(C=O)c2c1OCCO2. The molecule has 0 saturated heterocycles. The molecular formula is C11H12BrNO4. The zero-order chi connectivity index (χ0) is 12.3. The first-order chi connectivity index (χ1) is 8.27. The van der Waals surface area contributed by atoms with Crippen molar-refractivity contribution in [3.8, 4) is 11.5 Å². The first-order valence-corrected chi connectivity index (χ1v) is 5.95. The molecule has 1 heterocycles. The summed E-state index contributed by atoms with van der Waals surface area (Å²) < 4.78 is 11.7. The smallest absolute Gasteiger partial charge is 0.173 e. The number of ether oxygens (including phenoxy) is 2. The van der Waals surface area contributed by atoms with Gasteiger partial charge in [-0.3, -0.25) is 4.79 Å². The van der Waals surface area contributed by atoms with Crippen LogP contribution in [0.25, 0.3) is 0 Å². The maximum absolute atomic E-state index is 11.0. The second-order valence-corrected chi connectivity index (χ2v) is 4.38. The number of carbonyl (C=O) groups is 1. The van der Waals surface area contributed by atoms with E-state index in [2.05, 4.69) is 20.8 Å². The van der Waals surface area contributed by atoms with Crippen LogP contribution < -0.4 is 15.4 Å². The van der Waals surface area contributed by atoms with Gasteiger partial charge in [0.25, 0.3) is 0 Å². The van der Waals surface area contributed by atoms with Gasteiger partial charge in [0.15, 0.2) is 17.8 Å². The number of rotatable bonds is 4. The molecule has 92 valence electrons. The van der Waals surface area contributed by atoms with Gasteiger partial charge in [0.05, 0.1) is 12.2 Å². The van der Waals surface area contributed by atoms with Crippen LogP contribution in [0, 0.1) is 0 Å². The molecule has 1 aliphatic heterocycles. The zero-order valence-electron chi connectivity index (χ0n) is 9.07. The zero-order valence-corrected chi connectivity index (χ0v) is 10.7. The molecule has 0 bridgehead atoms. The number of benzene rings is 1. The van der Waals surface area contributed by atoms with Crippen LogP contribution in [-0.2, 0) is 11.3 Å². The van der Waals surface area contributed by atoms with Gasteiger partial charge in [-0.05, 0) is 22.0 Å². The molecule has 0 aromatic heterocycles. The standard InChI is InChI=1S/C11H12BrNO4/c12-9-5-7(1-2-17-13)10-11(8(9)6-14)16-4-3-15-10/h5-6H,1-4,13H2. The van der Waals surface area contributed by atoms with Crippen molar-refractivity contribution in [2.24, 2.45) is 5.90 Å². The normalized spacial score (nSPS) is 13.5. The molecule has 0 radical (unpaired) electrons. The Hall–Kier alpha value is -1.11. The maximum Gasteiger partial charge on any atom is 0.173 e. The monoisotopic (exact) mass is 301 g/mol. The van der Waals surface area contributed by atoms with E-state index in [1.165, 1.54) is 0 Å². The lowest BCUT2D eigenvalue weighted by Crippen LogP contribution is -2.19. The fraction of sp³-hybridized carbons (Fsp3) is 0.364. The van der Waals surface area contributed by atoms with Gasteiger partial charge in [0.1, 0.15) is 13.2 Å². The predicted octanol–water partition coefficient (Wildman–Crippen LogP) is 1.47. The molecule has 0 atom stereocenters. The lowest BCUT2D eigenvalue weighted by Gasteiger charge is -2.23. The molecule has 1 aromatic carbocycles. The summed E-state index contributed by atoms with van der Waals surface area (Å²) in [6.45, 7) is 1.29. The number of carbonyl (C=O) groups excluding carboxylic acids is 1. The van der Waals surface area contributed by atoms with Crippen LogP contribution in [0.4, 0.5) is 0 Å². The Bertz CT molecular complexity index is 436. The number of hydrogen-bond acceptors (Lipinski definition) is 5. The summed E-state index contributed by atoms with van der Waals surface area (Å²) in [5.74, 6) is 6.11. The predicted molar refractivity (Wildman–Crippen MR) is 64.4 cm³/mol. The Morgan fingerprint density at radius 3 is 2.76 bits per heavy atom. The lowest BCUT2D eigenvalue weighted by molar-refractivity contribution is 0.111. The third kappa shape index (κ3) is 2.43. The number of nitrogens with two attached hydrogens (primary N) is 1. The van der Waals surface area contributed by atoms with Crippen molar-refractivity contribution in [1.82, 2.24) is 0 Å². The molecule has 2 rings (SSSR count). The summed E-state index contributed by atoms with van der Waals surface area (Å²) >= 11 is 3.34. The molecule has 5 nitrogen and oxygen atoms in total. The number of hydrogen-bond donors (Lipinski definition) is 1. The summed E-state index contributed by atoms with van der Waals surface area (Å²) in [5, 5.41) is 0. The Kier molecular flexibility index (Phi) is 3.98. The van der Waals surface area contributed by atoms with Crippen molar-refractivity contribution in [1.29, 1.82) is 0 Å². The molecule has 0 amide bonds. The molecule has 1 aliphatic rings. The third-order valence-corrected chi connectivity index (χ3v) is 3.14. The quantitative estimate of drug-likeness (QED) is 0.673. The van der Waals surface area contributed by atoms with E-state index in [0.29, 0.717) is 47.8 Å². The Morgan fingerprint density at radius 2 is 2.12 bits per heavy atom. The first-order valence-electron chi connectivity index (χ1n) is 5.15. The van der Waals surface area contributed by atoms with Crippen molar-refractivity contribution < 1.29 is 19.1 Å². The Morgan fingerprint density at radius 1 is 1.41 bits per heavy atom. The second kappa shape index (κ2) is 5.48. The summed E-state index contributed by atoms with van der Waals surface area (Å²) in [6, 6.07) is 1.83. The van der Waals surface area contributed by atoms with E-state index in [4.69, 9.17) is 15.4 Å². The van der Waals surface area contributed by atoms with E-state index in [-0.39, 0.29) is 0 Å². The van der Waals surface area contributed by atoms with Crippen LogP contribution >= 0.6 is 15.9 Å². The highest BCUT2D eigenvalue weighted by Gasteiger charge is 2.22. The van der Waals surface area contributed by atoms with Gasteiger partial charge in [-0.25, -0.2) is 5.90 Å². The van der Waals surface area contributed by atoms with Crippen molar-refractivity contribution in [3.05, 3.63) is 21.7 Å². The summed E-state index contributed by atoms with van der Waals surface area (Å²) in [6.07, 6.45) is 1.35. The number of aldehydes is 1. The summed E-state index contributed by atoms with van der Waals surface area (Å²) in [5.41, 5.74) is 1.37. The van der Waals surface area contributed by atoms with Gasteiger partial charge < -0.3 is 14.3 Å². The first kappa shape index (κ1) is 12.3. The number of halogens is 1. The lowest BCUT2D eigenvalue weighted by atomic mass is 10.1. The number of fused-ring (bicyclic) bond motifs is 1. The topological polar surface area (TPSA) is 70.8 Å². The van der Waals surface area contributed by atoms with Crippen molar-refractivity contribution >= 4 is 22.2 Å². The van der Waals surface area contributed by atoms with Gasteiger partial charge in [-0.15, -0.1) is 0 Å². The maximum atomic E-state index is 11.0. The average Bonchev–Trinajstić information content (AvgIpc) is 2.36. The van der Waals surface area contributed by atoms with Crippen LogP contribution in [0.3, 0.4) is 0 Å². The highest BCUT2D eigenvalue weighted by Crippen LogP contribution is 2.40. The van der Waals surface area contributed by atoms with E-state index in [0.717, 1.165) is 11.8 Å². The summed E-state index contributed by atoms with van der Waals surface area (Å²) in [7, 11) is 0. The van der Waals surface area contributed by atoms with Crippen LogP contribution in [0.1, 0.15) is 15.9 Å². The molecule has 0 saturated carbocycles. The molecule has 2 N–H and O–H groups in total. The molecule has 0 aliphatic carbocycles. The van der Waals surface area contributed by atoms with Crippen molar-refractivity contribution in [2.75, 3.05) is 19.8 Å². The molecular weight excluding hydrogens is 290 g/mol. The highest BCUT2D eigenvalue weighted by molar-refractivity contribution is 9.10. The molecule has 0 spiro atoms. The molecule has 6 heteroatoms.